The fourth-order valence-electron chi connectivity index (χ4n) is 3.39. The van der Waals surface area contributed by atoms with Crippen LogP contribution in [0.4, 0.5) is 0 Å². The number of piperazine rings is 1. The highest BCUT2D eigenvalue weighted by Gasteiger charge is 2.19. The van der Waals surface area contributed by atoms with Crippen LogP contribution in [0.3, 0.4) is 0 Å². The van der Waals surface area contributed by atoms with Gasteiger partial charge in [-0.25, -0.2) is 4.98 Å². The first-order valence-corrected chi connectivity index (χ1v) is 10.00. The average Bonchev–Trinajstić information content (AvgIpc) is 3.13. The number of thiophene rings is 1. The van der Waals surface area contributed by atoms with E-state index in [-0.39, 0.29) is 11.5 Å². The van der Waals surface area contributed by atoms with E-state index >= 15 is 0 Å². The number of hydrogen-bond donors (Lipinski definition) is 0. The maximum atomic E-state index is 13.0. The lowest BCUT2D eigenvalue weighted by Crippen LogP contribution is -2.47. The van der Waals surface area contributed by atoms with Crippen molar-refractivity contribution in [3.05, 3.63) is 52.4 Å². The summed E-state index contributed by atoms with van der Waals surface area (Å²) in [5.74, 6) is 0.101. The second-order valence-electron chi connectivity index (χ2n) is 6.87. The number of hydrogen-bond acceptors (Lipinski definition) is 5. The molecule has 0 atom stereocenters. The highest BCUT2D eigenvalue weighted by atomic mass is 32.1. The van der Waals surface area contributed by atoms with Crippen molar-refractivity contribution in [1.82, 2.24) is 19.4 Å². The van der Waals surface area contributed by atoms with Crippen LogP contribution in [0.5, 0.6) is 0 Å². The Bertz CT molecular complexity index is 1000. The molecule has 4 rings (SSSR count). The zero-order valence-electron chi connectivity index (χ0n) is 15.3. The normalized spacial score (nSPS) is 15.4. The molecule has 0 spiro atoms. The minimum Gasteiger partial charge on any atom is -0.340 e. The van der Waals surface area contributed by atoms with Crippen molar-refractivity contribution in [2.75, 3.05) is 33.2 Å². The van der Waals surface area contributed by atoms with Crippen LogP contribution in [-0.2, 0) is 11.3 Å². The molecule has 0 saturated carbocycles. The summed E-state index contributed by atoms with van der Waals surface area (Å²) in [7, 11) is 2.06. The van der Waals surface area contributed by atoms with Gasteiger partial charge in [-0.2, -0.15) is 0 Å². The van der Waals surface area contributed by atoms with E-state index in [9.17, 15) is 9.59 Å². The van der Waals surface area contributed by atoms with E-state index in [1.807, 2.05) is 40.6 Å². The lowest BCUT2D eigenvalue weighted by Gasteiger charge is -2.32. The standard InChI is InChI=1S/C20H22N4O2S/c1-22-9-11-23(12-10-22)17(25)7-8-24-14-21-19-18(20(24)26)16(13-27-19)15-5-3-2-4-6-15/h2-6,13-14H,7-12H2,1H3. The number of rotatable bonds is 4. The molecule has 140 valence electrons. The molecule has 3 aromatic rings. The summed E-state index contributed by atoms with van der Waals surface area (Å²) in [6.45, 7) is 3.66. The molecule has 2 aromatic heterocycles. The molecule has 7 heteroatoms. The number of fused-ring (bicyclic) bond motifs is 1. The lowest BCUT2D eigenvalue weighted by atomic mass is 10.1. The summed E-state index contributed by atoms with van der Waals surface area (Å²) in [5.41, 5.74) is 1.84. The monoisotopic (exact) mass is 382 g/mol. The molecule has 27 heavy (non-hydrogen) atoms. The maximum absolute atomic E-state index is 13.0. The molecule has 1 aliphatic rings. The van der Waals surface area contributed by atoms with Crippen LogP contribution in [0.25, 0.3) is 21.3 Å². The van der Waals surface area contributed by atoms with Crippen LogP contribution in [0, 0.1) is 0 Å². The van der Waals surface area contributed by atoms with Gasteiger partial charge in [0.25, 0.3) is 5.56 Å². The van der Waals surface area contributed by atoms with Gasteiger partial charge in [0.05, 0.1) is 11.7 Å². The number of nitrogens with zero attached hydrogens (tertiary/aromatic N) is 4. The summed E-state index contributed by atoms with van der Waals surface area (Å²) in [4.78, 5) is 34.8. The molecule has 1 amide bonds. The smallest absolute Gasteiger partial charge is 0.262 e. The number of aryl methyl sites for hydroxylation is 1. The van der Waals surface area contributed by atoms with Gasteiger partial charge >= 0.3 is 0 Å². The van der Waals surface area contributed by atoms with Gasteiger partial charge in [-0.15, -0.1) is 11.3 Å². The molecule has 1 saturated heterocycles. The van der Waals surface area contributed by atoms with E-state index in [2.05, 4.69) is 16.9 Å². The van der Waals surface area contributed by atoms with Crippen LogP contribution in [0.15, 0.2) is 46.8 Å². The Morgan fingerprint density at radius 2 is 1.89 bits per heavy atom. The predicted octanol–water partition coefficient (Wildman–Crippen LogP) is 2.29. The molecule has 0 aliphatic carbocycles. The van der Waals surface area contributed by atoms with Gasteiger partial charge in [0.15, 0.2) is 0 Å². The zero-order valence-corrected chi connectivity index (χ0v) is 16.1. The number of aromatic nitrogens is 2. The summed E-state index contributed by atoms with van der Waals surface area (Å²) in [6, 6.07) is 9.87. The van der Waals surface area contributed by atoms with Crippen LogP contribution in [0.1, 0.15) is 6.42 Å². The zero-order chi connectivity index (χ0) is 18.8. The van der Waals surface area contributed by atoms with Crippen LogP contribution < -0.4 is 5.56 Å². The van der Waals surface area contributed by atoms with Crippen molar-refractivity contribution in [1.29, 1.82) is 0 Å². The van der Waals surface area contributed by atoms with Crippen molar-refractivity contribution in [3.8, 4) is 11.1 Å². The van der Waals surface area contributed by atoms with E-state index < -0.39 is 0 Å². The van der Waals surface area contributed by atoms with Gasteiger partial charge in [-0.05, 0) is 12.6 Å². The van der Waals surface area contributed by atoms with Gasteiger partial charge < -0.3 is 9.80 Å². The number of benzene rings is 1. The fraction of sp³-hybridized carbons (Fsp3) is 0.350. The third kappa shape index (κ3) is 3.65. The lowest BCUT2D eigenvalue weighted by molar-refractivity contribution is -0.133. The van der Waals surface area contributed by atoms with Crippen LogP contribution in [0.2, 0.25) is 0 Å². The average molecular weight is 382 g/mol. The first kappa shape index (κ1) is 17.9. The molecular formula is C20H22N4O2S. The van der Waals surface area contributed by atoms with Crippen LogP contribution in [-0.4, -0.2) is 58.5 Å². The highest BCUT2D eigenvalue weighted by Crippen LogP contribution is 2.30. The summed E-state index contributed by atoms with van der Waals surface area (Å²) >= 11 is 1.47. The minimum absolute atomic E-state index is 0.0775. The van der Waals surface area contributed by atoms with Gasteiger partial charge in [0, 0.05) is 50.1 Å². The van der Waals surface area contributed by atoms with Gasteiger partial charge in [-0.3, -0.25) is 14.2 Å². The third-order valence-corrected chi connectivity index (χ3v) is 5.95. The second-order valence-corrected chi connectivity index (χ2v) is 7.73. The number of amides is 1. The molecule has 0 bridgehead atoms. The van der Waals surface area contributed by atoms with E-state index in [4.69, 9.17) is 0 Å². The molecule has 1 aliphatic heterocycles. The van der Waals surface area contributed by atoms with Crippen LogP contribution >= 0.6 is 11.3 Å². The largest absolute Gasteiger partial charge is 0.340 e. The Balaban J connectivity index is 1.55. The van der Waals surface area contributed by atoms with E-state index in [0.717, 1.165) is 42.1 Å². The fourth-order valence-corrected chi connectivity index (χ4v) is 4.29. The number of carbonyl (C=O) groups excluding carboxylic acids is 1. The Kier molecular flexibility index (Phi) is 5.05. The first-order valence-electron chi connectivity index (χ1n) is 9.12. The summed E-state index contributed by atoms with van der Waals surface area (Å²) in [5, 5.41) is 2.62. The van der Waals surface area contributed by atoms with Crippen molar-refractivity contribution in [2.45, 2.75) is 13.0 Å². The summed E-state index contributed by atoms with van der Waals surface area (Å²) in [6.07, 6.45) is 1.88. The molecule has 1 aromatic carbocycles. The van der Waals surface area contributed by atoms with Crippen molar-refractivity contribution in [2.24, 2.45) is 0 Å². The van der Waals surface area contributed by atoms with E-state index in [1.54, 1.807) is 10.9 Å². The molecule has 1 fully saturated rings. The minimum atomic E-state index is -0.0775. The Hall–Kier alpha value is -2.51. The quantitative estimate of drug-likeness (QED) is 0.695. The maximum Gasteiger partial charge on any atom is 0.262 e. The van der Waals surface area contributed by atoms with Gasteiger partial charge in [0.1, 0.15) is 4.83 Å². The first-order chi connectivity index (χ1) is 13.1. The van der Waals surface area contributed by atoms with Gasteiger partial charge in [-0.1, -0.05) is 30.3 Å². The summed E-state index contributed by atoms with van der Waals surface area (Å²) < 4.78 is 1.56. The molecule has 0 unspecified atom stereocenters. The number of likely N-dealkylation sites (N-methyl/N-ethyl adjacent to an activating group) is 1. The van der Waals surface area contributed by atoms with Crippen molar-refractivity contribution < 1.29 is 4.79 Å². The predicted molar refractivity (Wildman–Crippen MR) is 108 cm³/mol. The molecular weight excluding hydrogens is 360 g/mol. The van der Waals surface area contributed by atoms with Crippen molar-refractivity contribution in [3.63, 3.8) is 0 Å². The van der Waals surface area contributed by atoms with Gasteiger partial charge in [0.2, 0.25) is 5.91 Å². The Labute approximate surface area is 161 Å². The molecule has 3 heterocycles. The number of carbonyl (C=O) groups is 1. The van der Waals surface area contributed by atoms with Crippen molar-refractivity contribution >= 4 is 27.5 Å². The SMILES string of the molecule is CN1CCN(C(=O)CCn2cnc3scc(-c4ccccc4)c3c2=O)CC1. The third-order valence-electron chi connectivity index (χ3n) is 5.07. The molecule has 6 nitrogen and oxygen atoms in total. The Morgan fingerprint density at radius 3 is 2.63 bits per heavy atom. The molecule has 0 N–H and O–H groups in total. The highest BCUT2D eigenvalue weighted by molar-refractivity contribution is 7.17. The second kappa shape index (κ2) is 7.62. The Morgan fingerprint density at radius 1 is 1.15 bits per heavy atom. The topological polar surface area (TPSA) is 58.4 Å². The molecule has 0 radical (unpaired) electrons. The van der Waals surface area contributed by atoms with E-state index in [1.165, 1.54) is 11.3 Å². The van der Waals surface area contributed by atoms with E-state index in [0.29, 0.717) is 18.4 Å².